The Bertz CT molecular complexity index is 509. The molecule has 0 atom stereocenters. The van der Waals surface area contributed by atoms with E-state index in [0.29, 0.717) is 11.4 Å². The fraction of sp³-hybridized carbons (Fsp3) is 0.571. The first-order valence-electron chi connectivity index (χ1n) is 6.60. The van der Waals surface area contributed by atoms with Gasteiger partial charge in [-0.1, -0.05) is 27.2 Å². The van der Waals surface area contributed by atoms with E-state index in [2.05, 4.69) is 4.72 Å². The van der Waals surface area contributed by atoms with Crippen LogP contribution >= 0.6 is 0 Å². The number of rotatable bonds is 7. The van der Waals surface area contributed by atoms with E-state index in [1.165, 1.54) is 0 Å². The molecular weight excluding hydrogens is 262 g/mol. The third kappa shape index (κ3) is 4.21. The van der Waals surface area contributed by atoms with Crippen molar-refractivity contribution in [2.75, 3.05) is 13.7 Å². The highest BCUT2D eigenvalue weighted by molar-refractivity contribution is 7.89. The molecule has 0 fully saturated rings. The monoisotopic (exact) mass is 285 g/mol. The summed E-state index contributed by atoms with van der Waals surface area (Å²) < 4.78 is 32.1. The molecule has 0 amide bonds. The average molecular weight is 285 g/mol. The van der Waals surface area contributed by atoms with Gasteiger partial charge in [0.2, 0.25) is 10.0 Å². The number of ether oxygens (including phenoxy) is 1. The Morgan fingerprint density at radius 1 is 1.32 bits per heavy atom. The predicted octanol–water partition coefficient (Wildman–Crippen LogP) is 2.90. The minimum absolute atomic E-state index is 0.209. The number of hydrogen-bond donors (Lipinski definition) is 1. The molecule has 0 aliphatic heterocycles. The molecule has 1 aromatic rings. The fourth-order valence-electron chi connectivity index (χ4n) is 1.80. The Morgan fingerprint density at radius 2 is 2.00 bits per heavy atom. The highest BCUT2D eigenvalue weighted by atomic mass is 32.2. The first-order valence-corrected chi connectivity index (χ1v) is 8.08. The van der Waals surface area contributed by atoms with Gasteiger partial charge < -0.3 is 4.74 Å². The lowest BCUT2D eigenvalue weighted by Crippen LogP contribution is -2.24. The molecule has 0 radical (unpaired) electrons. The van der Waals surface area contributed by atoms with Crippen molar-refractivity contribution in [2.45, 2.75) is 44.4 Å². The number of nitrogens with one attached hydrogen (secondary N) is 1. The standard InChI is InChI=1S/C14H23NO3S/c1-5-6-9-15-19(16,17)12-7-8-14(18-4)13(10-12)11(2)3/h7-8,10-11,15H,5-6,9H2,1-4H3. The van der Waals surface area contributed by atoms with E-state index in [0.717, 1.165) is 24.2 Å². The van der Waals surface area contributed by atoms with Crippen molar-refractivity contribution in [3.63, 3.8) is 0 Å². The minimum Gasteiger partial charge on any atom is -0.496 e. The van der Waals surface area contributed by atoms with Gasteiger partial charge in [-0.15, -0.1) is 0 Å². The van der Waals surface area contributed by atoms with Gasteiger partial charge in [-0.05, 0) is 36.1 Å². The quantitative estimate of drug-likeness (QED) is 0.784. The molecule has 0 spiro atoms. The molecule has 0 bridgehead atoms. The maximum absolute atomic E-state index is 12.1. The number of unbranched alkanes of at least 4 members (excludes halogenated alkanes) is 1. The zero-order valence-corrected chi connectivity index (χ0v) is 12.9. The molecule has 108 valence electrons. The molecule has 5 heteroatoms. The van der Waals surface area contributed by atoms with Crippen molar-refractivity contribution in [3.8, 4) is 5.75 Å². The molecule has 1 rings (SSSR count). The predicted molar refractivity (Wildman–Crippen MR) is 77.2 cm³/mol. The summed E-state index contributed by atoms with van der Waals surface area (Å²) in [4.78, 5) is 0.299. The van der Waals surface area contributed by atoms with Gasteiger partial charge in [-0.2, -0.15) is 0 Å². The molecule has 19 heavy (non-hydrogen) atoms. The molecular formula is C14H23NO3S. The van der Waals surface area contributed by atoms with Crippen molar-refractivity contribution in [2.24, 2.45) is 0 Å². The molecule has 1 aromatic carbocycles. The van der Waals surface area contributed by atoms with Crippen molar-refractivity contribution in [1.29, 1.82) is 0 Å². The summed E-state index contributed by atoms with van der Waals surface area (Å²) in [6.45, 7) is 6.53. The molecule has 0 saturated heterocycles. The highest BCUT2D eigenvalue weighted by Crippen LogP contribution is 2.28. The fourth-order valence-corrected chi connectivity index (χ4v) is 2.91. The van der Waals surface area contributed by atoms with E-state index < -0.39 is 10.0 Å². The van der Waals surface area contributed by atoms with Gasteiger partial charge in [0.05, 0.1) is 12.0 Å². The summed E-state index contributed by atoms with van der Waals surface area (Å²) >= 11 is 0. The SMILES string of the molecule is CCCCNS(=O)(=O)c1ccc(OC)c(C(C)C)c1. The highest BCUT2D eigenvalue weighted by Gasteiger charge is 2.17. The van der Waals surface area contributed by atoms with Crippen molar-refractivity contribution >= 4 is 10.0 Å². The van der Waals surface area contributed by atoms with Crippen molar-refractivity contribution < 1.29 is 13.2 Å². The van der Waals surface area contributed by atoms with E-state index in [9.17, 15) is 8.42 Å². The molecule has 4 nitrogen and oxygen atoms in total. The molecule has 0 heterocycles. The lowest BCUT2D eigenvalue weighted by Gasteiger charge is -2.14. The van der Waals surface area contributed by atoms with Crippen LogP contribution in [0.1, 0.15) is 45.1 Å². The van der Waals surface area contributed by atoms with E-state index in [4.69, 9.17) is 4.74 Å². The first kappa shape index (κ1) is 16.0. The molecule has 0 aromatic heterocycles. The van der Waals surface area contributed by atoms with E-state index in [1.54, 1.807) is 25.3 Å². The molecule has 0 saturated carbocycles. The lowest BCUT2D eigenvalue weighted by atomic mass is 10.0. The number of methoxy groups -OCH3 is 1. The van der Waals surface area contributed by atoms with Crippen LogP contribution in [0.5, 0.6) is 5.75 Å². The Kier molecular flexibility index (Phi) is 5.82. The second-order valence-corrected chi connectivity index (χ2v) is 6.58. The van der Waals surface area contributed by atoms with Crippen LogP contribution in [0.3, 0.4) is 0 Å². The number of sulfonamides is 1. The summed E-state index contributed by atoms with van der Waals surface area (Å²) in [5.74, 6) is 0.934. The topological polar surface area (TPSA) is 55.4 Å². The van der Waals surface area contributed by atoms with E-state index >= 15 is 0 Å². The zero-order chi connectivity index (χ0) is 14.5. The van der Waals surface area contributed by atoms with Gasteiger partial charge in [0.15, 0.2) is 0 Å². The maximum atomic E-state index is 12.1. The van der Waals surface area contributed by atoms with Crippen LogP contribution in [0.4, 0.5) is 0 Å². The number of hydrogen-bond acceptors (Lipinski definition) is 3. The first-order chi connectivity index (χ1) is 8.92. The van der Waals surface area contributed by atoms with Gasteiger partial charge in [-0.25, -0.2) is 13.1 Å². The van der Waals surface area contributed by atoms with Crippen LogP contribution < -0.4 is 9.46 Å². The summed E-state index contributed by atoms with van der Waals surface area (Å²) in [5, 5.41) is 0. The van der Waals surface area contributed by atoms with Crippen molar-refractivity contribution in [3.05, 3.63) is 23.8 Å². The normalized spacial score (nSPS) is 11.8. The average Bonchev–Trinajstić information content (AvgIpc) is 2.38. The lowest BCUT2D eigenvalue weighted by molar-refractivity contribution is 0.407. The Hall–Kier alpha value is -1.07. The van der Waals surface area contributed by atoms with Crippen LogP contribution in [0.2, 0.25) is 0 Å². The maximum Gasteiger partial charge on any atom is 0.240 e. The van der Waals surface area contributed by atoms with Crippen LogP contribution in [-0.4, -0.2) is 22.1 Å². The van der Waals surface area contributed by atoms with E-state index in [-0.39, 0.29) is 5.92 Å². The van der Waals surface area contributed by atoms with Gasteiger partial charge in [-0.3, -0.25) is 0 Å². The van der Waals surface area contributed by atoms with Gasteiger partial charge in [0, 0.05) is 6.54 Å². The van der Waals surface area contributed by atoms with Crippen LogP contribution in [0.25, 0.3) is 0 Å². The third-order valence-electron chi connectivity index (χ3n) is 2.96. The summed E-state index contributed by atoms with van der Waals surface area (Å²) in [7, 11) is -1.83. The molecule has 0 aliphatic carbocycles. The molecule has 1 N–H and O–H groups in total. The third-order valence-corrected chi connectivity index (χ3v) is 4.41. The van der Waals surface area contributed by atoms with Gasteiger partial charge in [0.1, 0.15) is 5.75 Å². The van der Waals surface area contributed by atoms with E-state index in [1.807, 2.05) is 20.8 Å². The Labute approximate surface area is 116 Å². The van der Waals surface area contributed by atoms with Gasteiger partial charge in [0.25, 0.3) is 0 Å². The zero-order valence-electron chi connectivity index (χ0n) is 12.1. The van der Waals surface area contributed by atoms with Crippen LogP contribution in [-0.2, 0) is 10.0 Å². The van der Waals surface area contributed by atoms with Gasteiger partial charge >= 0.3 is 0 Å². The summed E-state index contributed by atoms with van der Waals surface area (Å²) in [5.41, 5.74) is 0.904. The molecule has 0 aliphatic rings. The summed E-state index contributed by atoms with van der Waals surface area (Å²) in [6.07, 6.45) is 1.80. The largest absolute Gasteiger partial charge is 0.496 e. The smallest absolute Gasteiger partial charge is 0.240 e. The number of benzene rings is 1. The Balaban J connectivity index is 3.04. The van der Waals surface area contributed by atoms with Crippen molar-refractivity contribution in [1.82, 2.24) is 4.72 Å². The second kappa shape index (κ2) is 6.91. The summed E-state index contributed by atoms with van der Waals surface area (Å²) in [6, 6.07) is 4.99. The van der Waals surface area contributed by atoms with Crippen LogP contribution in [0.15, 0.2) is 23.1 Å². The second-order valence-electron chi connectivity index (χ2n) is 4.81. The molecule has 0 unspecified atom stereocenters. The Morgan fingerprint density at radius 3 is 2.53 bits per heavy atom. The minimum atomic E-state index is -3.42. The van der Waals surface area contributed by atoms with Crippen LogP contribution in [0, 0.1) is 0 Å².